The third-order valence-corrected chi connectivity index (χ3v) is 4.64. The van der Waals surface area contributed by atoms with Gasteiger partial charge in [-0.25, -0.2) is 9.97 Å². The second-order valence-corrected chi connectivity index (χ2v) is 6.78. The second-order valence-electron chi connectivity index (χ2n) is 6.78. The van der Waals surface area contributed by atoms with Crippen LogP contribution in [0.3, 0.4) is 0 Å². The summed E-state index contributed by atoms with van der Waals surface area (Å²) in [7, 11) is 0. The summed E-state index contributed by atoms with van der Waals surface area (Å²) < 4.78 is 10.8. The standard InChI is InChI=1S/C22H24N4O2/c1-4-26(18-7-5-6-15(2)10-18)22-12-21(24-16(3)25-22)23-13-17-8-9-19-20(11-17)28-14-27-19/h5-12H,4,13-14H2,1-3H3,(H,23,24,25). The van der Waals surface area contributed by atoms with Gasteiger partial charge in [0.25, 0.3) is 0 Å². The van der Waals surface area contributed by atoms with Gasteiger partial charge in [-0.2, -0.15) is 0 Å². The number of aromatic nitrogens is 2. The summed E-state index contributed by atoms with van der Waals surface area (Å²) in [5.74, 6) is 3.99. The second kappa shape index (κ2) is 7.76. The Morgan fingerprint density at radius 2 is 1.86 bits per heavy atom. The van der Waals surface area contributed by atoms with E-state index in [2.05, 4.69) is 58.3 Å². The third kappa shape index (κ3) is 3.86. The Morgan fingerprint density at radius 1 is 1.00 bits per heavy atom. The van der Waals surface area contributed by atoms with E-state index in [1.54, 1.807) is 0 Å². The summed E-state index contributed by atoms with van der Waals surface area (Å²) in [6.45, 7) is 7.89. The molecule has 0 aliphatic carbocycles. The van der Waals surface area contributed by atoms with Crippen LogP contribution in [0.1, 0.15) is 23.9 Å². The van der Waals surface area contributed by atoms with E-state index in [-0.39, 0.29) is 6.79 Å². The van der Waals surface area contributed by atoms with Crippen LogP contribution in [0.15, 0.2) is 48.5 Å². The Morgan fingerprint density at radius 3 is 2.68 bits per heavy atom. The summed E-state index contributed by atoms with van der Waals surface area (Å²) in [6.07, 6.45) is 0. The number of nitrogens with zero attached hydrogens (tertiary/aromatic N) is 3. The van der Waals surface area contributed by atoms with Gasteiger partial charge in [-0.05, 0) is 56.2 Å². The summed E-state index contributed by atoms with van der Waals surface area (Å²) in [6, 6.07) is 16.4. The topological polar surface area (TPSA) is 59.5 Å². The first-order chi connectivity index (χ1) is 13.6. The van der Waals surface area contributed by atoms with E-state index in [0.29, 0.717) is 6.54 Å². The lowest BCUT2D eigenvalue weighted by Crippen LogP contribution is -2.18. The number of nitrogens with one attached hydrogen (secondary N) is 1. The molecular weight excluding hydrogens is 352 g/mol. The Labute approximate surface area is 165 Å². The molecule has 144 valence electrons. The van der Waals surface area contributed by atoms with Gasteiger partial charge in [0.15, 0.2) is 11.5 Å². The molecule has 0 atom stereocenters. The fourth-order valence-corrected chi connectivity index (χ4v) is 3.30. The van der Waals surface area contributed by atoms with Crippen molar-refractivity contribution in [2.24, 2.45) is 0 Å². The molecule has 1 aromatic heterocycles. The number of hydrogen-bond donors (Lipinski definition) is 1. The van der Waals surface area contributed by atoms with Crippen molar-refractivity contribution in [3.63, 3.8) is 0 Å². The first kappa shape index (κ1) is 18.1. The molecule has 4 rings (SSSR count). The lowest BCUT2D eigenvalue weighted by atomic mass is 10.2. The van der Waals surface area contributed by atoms with E-state index in [9.17, 15) is 0 Å². The van der Waals surface area contributed by atoms with E-state index >= 15 is 0 Å². The van der Waals surface area contributed by atoms with Crippen LogP contribution in [0.2, 0.25) is 0 Å². The van der Waals surface area contributed by atoms with Gasteiger partial charge < -0.3 is 19.7 Å². The molecule has 0 bridgehead atoms. The molecule has 1 aliphatic rings. The minimum Gasteiger partial charge on any atom is -0.454 e. The van der Waals surface area contributed by atoms with Gasteiger partial charge in [-0.1, -0.05) is 18.2 Å². The van der Waals surface area contributed by atoms with Gasteiger partial charge in [-0.3, -0.25) is 0 Å². The van der Waals surface area contributed by atoms with Crippen LogP contribution in [-0.2, 0) is 6.54 Å². The fraction of sp³-hybridized carbons (Fsp3) is 0.273. The molecule has 2 aromatic carbocycles. The minimum atomic E-state index is 0.284. The van der Waals surface area contributed by atoms with Gasteiger partial charge in [0, 0.05) is 24.8 Å². The van der Waals surface area contributed by atoms with Gasteiger partial charge in [0.1, 0.15) is 17.5 Å². The summed E-state index contributed by atoms with van der Waals surface area (Å²) >= 11 is 0. The number of hydrogen-bond acceptors (Lipinski definition) is 6. The Kier molecular flexibility index (Phi) is 5.02. The molecule has 2 heterocycles. The van der Waals surface area contributed by atoms with Crippen molar-refractivity contribution in [2.45, 2.75) is 27.3 Å². The molecule has 1 N–H and O–H groups in total. The maximum atomic E-state index is 5.45. The fourth-order valence-electron chi connectivity index (χ4n) is 3.30. The molecule has 0 saturated carbocycles. The first-order valence-corrected chi connectivity index (χ1v) is 9.44. The maximum Gasteiger partial charge on any atom is 0.231 e. The third-order valence-electron chi connectivity index (χ3n) is 4.64. The minimum absolute atomic E-state index is 0.284. The van der Waals surface area contributed by atoms with E-state index in [1.807, 2.05) is 31.2 Å². The summed E-state index contributed by atoms with van der Waals surface area (Å²) in [5.41, 5.74) is 3.46. The zero-order chi connectivity index (χ0) is 19.5. The lowest BCUT2D eigenvalue weighted by molar-refractivity contribution is 0.174. The quantitative estimate of drug-likeness (QED) is 0.679. The smallest absolute Gasteiger partial charge is 0.231 e. The number of benzene rings is 2. The largest absolute Gasteiger partial charge is 0.454 e. The number of fused-ring (bicyclic) bond motifs is 1. The Balaban J connectivity index is 1.55. The van der Waals surface area contributed by atoms with Gasteiger partial charge >= 0.3 is 0 Å². The molecule has 0 fully saturated rings. The SMILES string of the molecule is CCN(c1cccc(C)c1)c1cc(NCc2ccc3c(c2)OCO3)nc(C)n1. The average Bonchev–Trinajstić information content (AvgIpc) is 3.14. The number of rotatable bonds is 6. The van der Waals surface area contributed by atoms with Crippen molar-refractivity contribution < 1.29 is 9.47 Å². The van der Waals surface area contributed by atoms with Gasteiger partial charge in [0.2, 0.25) is 6.79 Å². The van der Waals surface area contributed by atoms with Crippen LogP contribution in [0, 0.1) is 13.8 Å². The Hall–Kier alpha value is -3.28. The van der Waals surface area contributed by atoms with Gasteiger partial charge in [0.05, 0.1) is 0 Å². The average molecular weight is 376 g/mol. The van der Waals surface area contributed by atoms with Crippen LogP contribution in [0.25, 0.3) is 0 Å². The van der Waals surface area contributed by atoms with E-state index in [4.69, 9.17) is 9.47 Å². The van der Waals surface area contributed by atoms with Crippen molar-refractivity contribution in [2.75, 3.05) is 23.6 Å². The first-order valence-electron chi connectivity index (χ1n) is 9.44. The zero-order valence-corrected chi connectivity index (χ0v) is 16.4. The van der Waals surface area contributed by atoms with E-state index in [1.165, 1.54) is 5.56 Å². The van der Waals surface area contributed by atoms with Crippen molar-refractivity contribution in [1.29, 1.82) is 0 Å². The van der Waals surface area contributed by atoms with Crippen molar-refractivity contribution in [3.05, 3.63) is 65.5 Å². The molecule has 0 radical (unpaired) electrons. The number of anilines is 3. The highest BCUT2D eigenvalue weighted by molar-refractivity contribution is 5.63. The molecule has 6 heteroatoms. The zero-order valence-electron chi connectivity index (χ0n) is 16.4. The van der Waals surface area contributed by atoms with E-state index in [0.717, 1.165) is 46.8 Å². The predicted molar refractivity (Wildman–Crippen MR) is 111 cm³/mol. The lowest BCUT2D eigenvalue weighted by Gasteiger charge is -2.23. The normalized spacial score (nSPS) is 12.1. The van der Waals surface area contributed by atoms with Crippen molar-refractivity contribution >= 4 is 17.3 Å². The highest BCUT2D eigenvalue weighted by Gasteiger charge is 2.14. The van der Waals surface area contributed by atoms with Crippen LogP contribution >= 0.6 is 0 Å². The van der Waals surface area contributed by atoms with Crippen LogP contribution < -0.4 is 19.7 Å². The monoisotopic (exact) mass is 376 g/mol. The van der Waals surface area contributed by atoms with Crippen LogP contribution in [-0.4, -0.2) is 23.3 Å². The molecule has 1 aliphatic heterocycles. The molecule has 3 aromatic rings. The molecule has 0 saturated heterocycles. The van der Waals surface area contributed by atoms with Crippen molar-refractivity contribution in [3.8, 4) is 11.5 Å². The highest BCUT2D eigenvalue weighted by Crippen LogP contribution is 2.32. The molecule has 0 spiro atoms. The Bertz CT molecular complexity index is 990. The van der Waals surface area contributed by atoms with Crippen LogP contribution in [0.4, 0.5) is 17.3 Å². The molecule has 0 amide bonds. The van der Waals surface area contributed by atoms with Crippen LogP contribution in [0.5, 0.6) is 11.5 Å². The maximum absolute atomic E-state index is 5.45. The molecule has 28 heavy (non-hydrogen) atoms. The molecular formula is C22H24N4O2. The predicted octanol–water partition coefficient (Wildman–Crippen LogP) is 4.59. The molecule has 6 nitrogen and oxygen atoms in total. The molecule has 0 unspecified atom stereocenters. The van der Waals surface area contributed by atoms with Crippen molar-refractivity contribution in [1.82, 2.24) is 9.97 Å². The van der Waals surface area contributed by atoms with E-state index < -0.39 is 0 Å². The summed E-state index contributed by atoms with van der Waals surface area (Å²) in [4.78, 5) is 11.4. The van der Waals surface area contributed by atoms with Gasteiger partial charge in [-0.15, -0.1) is 0 Å². The highest BCUT2D eigenvalue weighted by atomic mass is 16.7. The summed E-state index contributed by atoms with van der Waals surface area (Å²) in [5, 5.41) is 3.40. The number of aryl methyl sites for hydroxylation is 2. The number of ether oxygens (including phenoxy) is 2.